The lowest BCUT2D eigenvalue weighted by atomic mass is 10.1. The van der Waals surface area contributed by atoms with Crippen LogP contribution in [0, 0.1) is 5.92 Å². The molecule has 0 rings (SSSR count). The monoisotopic (exact) mass is 522 g/mol. The van der Waals surface area contributed by atoms with Gasteiger partial charge in [-0.2, -0.15) is 17.9 Å². The molecular formula is C23H48F3NO4PS+. The Hall–Kier alpha value is -0.400. The van der Waals surface area contributed by atoms with Crippen LogP contribution in [0.4, 0.5) is 13.2 Å². The molecule has 0 fully saturated rings. The van der Waals surface area contributed by atoms with Gasteiger partial charge in [-0.15, -0.1) is 0 Å². The Morgan fingerprint density at radius 2 is 1.18 bits per heavy atom. The average Bonchev–Trinajstić information content (AvgIpc) is 2.71. The van der Waals surface area contributed by atoms with Crippen molar-refractivity contribution in [2.75, 3.05) is 24.6 Å². The third-order valence-corrected chi connectivity index (χ3v) is 11.8. The number of halogens is 3. The second-order valence-corrected chi connectivity index (χ2v) is 15.4. The van der Waals surface area contributed by atoms with E-state index in [0.29, 0.717) is 0 Å². The van der Waals surface area contributed by atoms with Gasteiger partial charge < -0.3 is 5.11 Å². The van der Waals surface area contributed by atoms with Crippen molar-refractivity contribution in [3.8, 4) is 0 Å². The molecule has 0 aromatic rings. The van der Waals surface area contributed by atoms with Crippen molar-refractivity contribution in [2.45, 2.75) is 111 Å². The normalized spacial score (nSPS) is 13.5. The Morgan fingerprint density at radius 3 is 1.39 bits per heavy atom. The van der Waals surface area contributed by atoms with Gasteiger partial charge in [0.1, 0.15) is 6.04 Å². The van der Waals surface area contributed by atoms with Gasteiger partial charge in [0.25, 0.3) is 0 Å². The van der Waals surface area contributed by atoms with Gasteiger partial charge in [0.2, 0.25) is 0 Å². The van der Waals surface area contributed by atoms with Crippen LogP contribution in [0.3, 0.4) is 0 Å². The summed E-state index contributed by atoms with van der Waals surface area (Å²) in [4.78, 5) is 10.5. The number of hydrogen-bond acceptors (Lipinski definition) is 3. The third-order valence-electron chi connectivity index (χ3n) is 5.55. The Bertz CT molecular complexity index is 576. The van der Waals surface area contributed by atoms with E-state index in [2.05, 4.69) is 27.7 Å². The summed E-state index contributed by atoms with van der Waals surface area (Å²) in [5.74, 6) is -1.89. The van der Waals surface area contributed by atoms with Gasteiger partial charge in [-0.05, 0) is 38.0 Å². The predicted octanol–water partition coefficient (Wildman–Crippen LogP) is 7.13. The van der Waals surface area contributed by atoms with Crippen molar-refractivity contribution in [1.29, 1.82) is 0 Å². The van der Waals surface area contributed by atoms with Crippen LogP contribution in [0.5, 0.6) is 0 Å². The van der Waals surface area contributed by atoms with E-state index in [9.17, 15) is 26.4 Å². The molecule has 33 heavy (non-hydrogen) atoms. The van der Waals surface area contributed by atoms with Gasteiger partial charge in [0.05, 0.1) is 24.6 Å². The first-order valence-electron chi connectivity index (χ1n) is 12.4. The van der Waals surface area contributed by atoms with E-state index in [4.69, 9.17) is 5.11 Å². The number of carbonyl (C=O) groups is 1. The molecule has 0 saturated heterocycles. The van der Waals surface area contributed by atoms with Crippen molar-refractivity contribution in [3.63, 3.8) is 0 Å². The zero-order valence-electron chi connectivity index (χ0n) is 21.5. The first kappa shape index (κ1) is 34.8. The molecule has 0 unspecified atom stereocenters. The van der Waals surface area contributed by atoms with Gasteiger partial charge in [0, 0.05) is 7.26 Å². The first-order valence-corrected chi connectivity index (χ1v) is 16.4. The largest absolute Gasteiger partial charge is 0.511 e. The molecular weight excluding hydrogens is 474 g/mol. The van der Waals surface area contributed by atoms with Crippen molar-refractivity contribution in [2.24, 2.45) is 5.92 Å². The van der Waals surface area contributed by atoms with E-state index in [0.717, 1.165) is 4.72 Å². The van der Waals surface area contributed by atoms with Crippen LogP contribution in [0.1, 0.15) is 99.3 Å². The number of aliphatic carboxylic acids is 1. The maximum Gasteiger partial charge on any atom is 0.511 e. The van der Waals surface area contributed by atoms with Crippen LogP contribution in [-0.4, -0.2) is 55.7 Å². The summed E-state index contributed by atoms with van der Waals surface area (Å²) in [6, 6.07) is -1.77. The van der Waals surface area contributed by atoms with E-state index >= 15 is 0 Å². The summed E-state index contributed by atoms with van der Waals surface area (Å²) in [6.45, 7) is 12.6. The zero-order chi connectivity index (χ0) is 26.1. The van der Waals surface area contributed by atoms with Crippen molar-refractivity contribution in [1.82, 2.24) is 4.72 Å². The number of alkyl halides is 3. The Morgan fingerprint density at radius 1 is 0.848 bits per heavy atom. The molecule has 0 aliphatic carbocycles. The molecule has 0 amide bonds. The fourth-order valence-electron chi connectivity index (χ4n) is 3.57. The Kier molecular flexibility index (Phi) is 18.9. The highest BCUT2D eigenvalue weighted by Gasteiger charge is 2.47. The van der Waals surface area contributed by atoms with Crippen LogP contribution in [-0.2, 0) is 14.8 Å². The fraction of sp³-hybridized carbons (Fsp3) is 0.957. The lowest BCUT2D eigenvalue weighted by Crippen LogP contribution is -2.46. The molecule has 0 aromatic heterocycles. The predicted molar refractivity (Wildman–Crippen MR) is 135 cm³/mol. The lowest BCUT2D eigenvalue weighted by Gasteiger charge is -2.28. The topological polar surface area (TPSA) is 83.5 Å². The summed E-state index contributed by atoms with van der Waals surface area (Å²) in [5, 5.41) is 8.56. The Labute approximate surface area is 201 Å². The van der Waals surface area contributed by atoms with Crippen molar-refractivity contribution < 1.29 is 31.5 Å². The van der Waals surface area contributed by atoms with E-state index in [1.165, 1.54) is 51.4 Å². The van der Waals surface area contributed by atoms with E-state index < -0.39 is 34.8 Å². The Balaban J connectivity index is 0. The molecule has 1 atom stereocenters. The maximum atomic E-state index is 12.0. The molecule has 0 spiro atoms. The summed E-state index contributed by atoms with van der Waals surface area (Å²) in [6.07, 6.45) is 17.7. The minimum atomic E-state index is -5.62. The fourth-order valence-corrected chi connectivity index (χ4v) is 9.56. The summed E-state index contributed by atoms with van der Waals surface area (Å²) < 4.78 is 58.3. The molecule has 0 bridgehead atoms. The minimum absolute atomic E-state index is 0.218. The molecule has 0 saturated carbocycles. The van der Waals surface area contributed by atoms with Crippen molar-refractivity contribution >= 4 is 23.3 Å². The molecule has 200 valence electrons. The molecule has 0 heterocycles. The van der Waals surface area contributed by atoms with Crippen LogP contribution in [0.15, 0.2) is 0 Å². The van der Waals surface area contributed by atoms with E-state index in [-0.39, 0.29) is 12.3 Å². The van der Waals surface area contributed by atoms with Gasteiger partial charge in [-0.3, -0.25) is 4.79 Å². The minimum Gasteiger partial charge on any atom is -0.480 e. The van der Waals surface area contributed by atoms with Crippen LogP contribution in [0.2, 0.25) is 0 Å². The number of hydrogen-bond donors (Lipinski definition) is 2. The molecule has 0 aliphatic rings. The number of rotatable bonds is 17. The number of carboxylic acids is 1. The summed E-state index contributed by atoms with van der Waals surface area (Å²) >= 11 is 0. The van der Waals surface area contributed by atoms with Gasteiger partial charge in [-0.1, -0.05) is 67.2 Å². The third kappa shape index (κ3) is 16.0. The van der Waals surface area contributed by atoms with Crippen LogP contribution in [0.25, 0.3) is 0 Å². The highest BCUT2D eigenvalue weighted by atomic mass is 32.2. The van der Waals surface area contributed by atoms with E-state index in [1.807, 2.05) is 0 Å². The quantitative estimate of drug-likeness (QED) is 0.199. The van der Waals surface area contributed by atoms with Gasteiger partial charge in [-0.25, -0.2) is 8.42 Å². The highest BCUT2D eigenvalue weighted by molar-refractivity contribution is 7.90. The smallest absolute Gasteiger partial charge is 0.480 e. The standard InChI is InChI=1S/C16H36P.C7H12F3NO4S/c1-5-9-13-17(14-10-6-2,15-11-7-3)16-12-8-4;1-4(2)3-5(6(12)13)11-16(14,15)7(8,9)10/h5-16H2,1-4H3;4-5,11H,3H2,1-2H3,(H,12,13)/q+1;/t;5-/m.0/s1. The number of sulfonamides is 1. The van der Waals surface area contributed by atoms with Gasteiger partial charge in [0.15, 0.2) is 0 Å². The molecule has 5 nitrogen and oxygen atoms in total. The maximum absolute atomic E-state index is 12.0. The molecule has 0 radical (unpaired) electrons. The highest BCUT2D eigenvalue weighted by Crippen LogP contribution is 2.61. The van der Waals surface area contributed by atoms with Crippen LogP contribution >= 0.6 is 7.26 Å². The summed E-state index contributed by atoms with van der Waals surface area (Å²) in [5.41, 5.74) is -5.50. The number of carboxylic acid groups (broad SMARTS) is 1. The average molecular weight is 523 g/mol. The van der Waals surface area contributed by atoms with Crippen molar-refractivity contribution in [3.05, 3.63) is 0 Å². The number of unbranched alkanes of at least 4 members (excludes halogenated alkanes) is 4. The van der Waals surface area contributed by atoms with E-state index in [1.54, 1.807) is 38.5 Å². The SMILES string of the molecule is CC(C)C[C@H](NS(=O)(=O)C(F)(F)F)C(=O)O.CCCC[P+](CCCC)(CCCC)CCCC. The second kappa shape index (κ2) is 18.0. The molecule has 2 N–H and O–H groups in total. The summed E-state index contributed by atoms with van der Waals surface area (Å²) in [7, 11) is -6.18. The second-order valence-electron chi connectivity index (χ2n) is 9.24. The molecule has 0 aromatic carbocycles. The lowest BCUT2D eigenvalue weighted by molar-refractivity contribution is -0.139. The molecule has 0 aliphatic heterocycles. The number of nitrogens with one attached hydrogen (secondary N) is 1. The zero-order valence-corrected chi connectivity index (χ0v) is 23.2. The first-order chi connectivity index (χ1) is 15.2. The molecule has 10 heteroatoms. The van der Waals surface area contributed by atoms with Crippen LogP contribution < -0.4 is 4.72 Å². The van der Waals surface area contributed by atoms with Gasteiger partial charge >= 0.3 is 21.5 Å².